The third-order valence-corrected chi connectivity index (χ3v) is 5.74. The fraction of sp³-hybridized carbons (Fsp3) is 0.368. The van der Waals surface area contributed by atoms with Gasteiger partial charge in [-0.25, -0.2) is 4.39 Å². The Labute approximate surface area is 176 Å². The van der Waals surface area contributed by atoms with Gasteiger partial charge in [0.05, 0.1) is 24.4 Å². The third kappa shape index (κ3) is 4.29. The van der Waals surface area contributed by atoms with Gasteiger partial charge in [-0.3, -0.25) is 9.59 Å². The summed E-state index contributed by atoms with van der Waals surface area (Å²) in [6, 6.07) is 1.20. The summed E-state index contributed by atoms with van der Waals surface area (Å²) in [6.45, 7) is 1.48. The van der Waals surface area contributed by atoms with Gasteiger partial charge in [0.25, 0.3) is 5.91 Å². The van der Waals surface area contributed by atoms with E-state index in [9.17, 15) is 36.6 Å². The molecule has 2 aliphatic rings. The number of fused-ring (bicyclic) bond motifs is 1. The minimum absolute atomic E-state index is 0.0859. The zero-order chi connectivity index (χ0) is 23.1. The van der Waals surface area contributed by atoms with Crippen LogP contribution in [0.25, 0.3) is 0 Å². The second-order valence-corrected chi connectivity index (χ2v) is 7.73. The monoisotopic (exact) mass is 465 g/mol. The Hall–Kier alpha value is -2.89. The maximum absolute atomic E-state index is 14.4. The van der Waals surface area contributed by atoms with E-state index in [-0.39, 0.29) is 22.8 Å². The van der Waals surface area contributed by atoms with Crippen LogP contribution in [0.5, 0.6) is 5.06 Å². The molecule has 12 heteroatoms. The molecule has 1 aliphatic heterocycles. The highest BCUT2D eigenvalue weighted by Crippen LogP contribution is 2.44. The number of carboxylic acid groups (broad SMARTS) is 1. The highest BCUT2D eigenvalue weighted by Gasteiger charge is 2.45. The van der Waals surface area contributed by atoms with Crippen molar-refractivity contribution < 1.29 is 46.1 Å². The van der Waals surface area contributed by atoms with Crippen molar-refractivity contribution in [2.24, 2.45) is 0 Å². The van der Waals surface area contributed by atoms with Gasteiger partial charge in [-0.1, -0.05) is 11.3 Å². The van der Waals surface area contributed by atoms with Crippen molar-refractivity contribution in [2.45, 2.75) is 38.3 Å². The van der Waals surface area contributed by atoms with Crippen LogP contribution in [0.2, 0.25) is 0 Å². The van der Waals surface area contributed by atoms with Gasteiger partial charge < -0.3 is 19.5 Å². The lowest BCUT2D eigenvalue weighted by atomic mass is 9.92. The first kappa shape index (κ1) is 22.8. The van der Waals surface area contributed by atoms with E-state index >= 15 is 0 Å². The maximum Gasteiger partial charge on any atom is 0.461 e. The van der Waals surface area contributed by atoms with Gasteiger partial charge in [-0.2, -0.15) is 17.6 Å². The highest BCUT2D eigenvalue weighted by molar-refractivity contribution is 7.15. The van der Waals surface area contributed by atoms with Crippen molar-refractivity contribution >= 4 is 23.2 Å². The number of aliphatic carboxylic acids is 1. The van der Waals surface area contributed by atoms with Crippen LogP contribution in [0.1, 0.15) is 29.4 Å². The molecule has 0 radical (unpaired) electrons. The zero-order valence-electron chi connectivity index (χ0n) is 16.1. The first-order valence-corrected chi connectivity index (χ1v) is 9.62. The smallest absolute Gasteiger partial charge is 0.461 e. The second kappa shape index (κ2) is 8.33. The number of carbonyl (C=O) groups is 2. The topological polar surface area (TPSA) is 76.1 Å². The summed E-state index contributed by atoms with van der Waals surface area (Å²) in [7, 11) is 1.25. The Balaban J connectivity index is 1.94. The van der Waals surface area contributed by atoms with E-state index in [1.54, 1.807) is 0 Å². The van der Waals surface area contributed by atoms with E-state index in [2.05, 4.69) is 4.74 Å². The SMILES string of the molecule is COC1=C(F)CC2C(=C1)C(CC(=O)O)=C(C)N2C(=O)c1ccc(OC(F)(F)C(F)F)s1. The van der Waals surface area contributed by atoms with Crippen LogP contribution in [0, 0.1) is 0 Å². The number of rotatable bonds is 7. The number of carbonyl (C=O) groups excluding carboxylic acids is 1. The van der Waals surface area contributed by atoms with Gasteiger partial charge in [0.15, 0.2) is 10.8 Å². The number of ether oxygens (including phenoxy) is 2. The summed E-state index contributed by atoms with van der Waals surface area (Å²) in [5, 5.41) is 8.62. The fourth-order valence-corrected chi connectivity index (χ4v) is 4.26. The molecule has 0 aromatic carbocycles. The van der Waals surface area contributed by atoms with E-state index in [1.165, 1.54) is 20.1 Å². The lowest BCUT2D eigenvalue weighted by Crippen LogP contribution is -2.36. The number of carboxylic acids is 1. The lowest BCUT2D eigenvalue weighted by Gasteiger charge is -2.28. The molecule has 6 nitrogen and oxygen atoms in total. The summed E-state index contributed by atoms with van der Waals surface area (Å²) in [4.78, 5) is 25.4. The van der Waals surface area contributed by atoms with Crippen molar-refractivity contribution in [2.75, 3.05) is 7.11 Å². The molecule has 0 bridgehead atoms. The number of methoxy groups -OCH3 is 1. The van der Waals surface area contributed by atoms with E-state index in [1.807, 2.05) is 0 Å². The molecular weight excluding hydrogens is 449 g/mol. The Kier molecular flexibility index (Phi) is 6.12. The van der Waals surface area contributed by atoms with Crippen LogP contribution in [-0.2, 0) is 9.53 Å². The Morgan fingerprint density at radius 2 is 2.03 bits per heavy atom. The molecule has 1 unspecified atom stereocenters. The summed E-state index contributed by atoms with van der Waals surface area (Å²) in [5.74, 6) is -2.64. The zero-order valence-corrected chi connectivity index (χ0v) is 16.9. The Bertz CT molecular complexity index is 1010. The standard InChI is InChI=1S/C19H16F5NO5S/c1-8-9(6-15(26)27)10-5-13(29-2)11(20)7-12(10)25(8)17(28)14-3-4-16(31-14)30-19(23,24)18(21)22/h3-5,12,18H,6-7H2,1-2H3,(H,26,27). The number of hydrogen-bond donors (Lipinski definition) is 1. The number of allylic oxidation sites excluding steroid dienone is 2. The molecule has 0 fully saturated rings. The highest BCUT2D eigenvalue weighted by atomic mass is 32.1. The van der Waals surface area contributed by atoms with E-state index in [0.29, 0.717) is 22.5 Å². The normalized spacial score (nSPS) is 19.0. The lowest BCUT2D eigenvalue weighted by molar-refractivity contribution is -0.251. The van der Waals surface area contributed by atoms with E-state index in [4.69, 9.17) is 4.74 Å². The molecule has 0 spiro atoms. The van der Waals surface area contributed by atoms with E-state index in [0.717, 1.165) is 17.0 Å². The predicted molar refractivity (Wildman–Crippen MR) is 98.7 cm³/mol. The molecule has 3 rings (SSSR count). The molecule has 1 atom stereocenters. The van der Waals surface area contributed by atoms with Crippen LogP contribution < -0.4 is 4.74 Å². The fourth-order valence-electron chi connectivity index (χ4n) is 3.43. The quantitative estimate of drug-likeness (QED) is 0.590. The summed E-state index contributed by atoms with van der Waals surface area (Å²) < 4.78 is 74.2. The van der Waals surface area contributed by atoms with Crippen molar-refractivity contribution in [1.29, 1.82) is 0 Å². The third-order valence-electron chi connectivity index (χ3n) is 4.79. The van der Waals surface area contributed by atoms with Gasteiger partial charge in [0.1, 0.15) is 5.83 Å². The number of hydrogen-bond acceptors (Lipinski definition) is 5. The first-order chi connectivity index (χ1) is 14.5. The molecule has 1 N–H and O–H groups in total. The average molecular weight is 465 g/mol. The molecule has 0 saturated carbocycles. The van der Waals surface area contributed by atoms with Gasteiger partial charge in [0, 0.05) is 12.1 Å². The number of amides is 1. The number of alkyl halides is 4. The van der Waals surface area contributed by atoms with E-state index < -0.39 is 47.8 Å². The minimum atomic E-state index is -4.73. The maximum atomic E-state index is 14.4. The average Bonchev–Trinajstić information content (AvgIpc) is 3.23. The summed E-state index contributed by atoms with van der Waals surface area (Å²) >= 11 is 0.419. The van der Waals surface area contributed by atoms with Crippen LogP contribution >= 0.6 is 11.3 Å². The predicted octanol–water partition coefficient (Wildman–Crippen LogP) is 4.72. The molecule has 168 valence electrons. The molecule has 31 heavy (non-hydrogen) atoms. The Morgan fingerprint density at radius 3 is 2.61 bits per heavy atom. The molecule has 1 aromatic rings. The molecule has 0 saturated heterocycles. The van der Waals surface area contributed by atoms with Crippen LogP contribution in [0.3, 0.4) is 0 Å². The van der Waals surface area contributed by atoms with Crippen molar-refractivity contribution in [3.63, 3.8) is 0 Å². The van der Waals surface area contributed by atoms with Gasteiger partial charge in [-0.05, 0) is 36.3 Å². The molecule has 1 amide bonds. The summed E-state index contributed by atoms with van der Waals surface area (Å²) in [6.07, 6.45) is -8.18. The van der Waals surface area contributed by atoms with Crippen molar-refractivity contribution in [3.8, 4) is 5.06 Å². The number of nitrogens with zero attached hydrogens (tertiary/aromatic N) is 1. The largest absolute Gasteiger partial charge is 0.494 e. The number of thiophene rings is 1. The van der Waals surface area contributed by atoms with Crippen molar-refractivity contribution in [3.05, 3.63) is 51.5 Å². The summed E-state index contributed by atoms with van der Waals surface area (Å²) in [5.41, 5.74) is 0.941. The van der Waals surface area contributed by atoms with Gasteiger partial charge >= 0.3 is 18.5 Å². The van der Waals surface area contributed by atoms with Crippen molar-refractivity contribution in [1.82, 2.24) is 4.90 Å². The van der Waals surface area contributed by atoms with Gasteiger partial charge in [0.2, 0.25) is 0 Å². The molecule has 1 aliphatic carbocycles. The Morgan fingerprint density at radius 1 is 1.35 bits per heavy atom. The van der Waals surface area contributed by atoms with Crippen LogP contribution in [-0.4, -0.2) is 47.6 Å². The molecular formula is C19H16F5NO5S. The number of halogens is 5. The molecule has 2 heterocycles. The first-order valence-electron chi connectivity index (χ1n) is 8.80. The van der Waals surface area contributed by atoms with Gasteiger partial charge in [-0.15, -0.1) is 0 Å². The minimum Gasteiger partial charge on any atom is -0.494 e. The second-order valence-electron chi connectivity index (χ2n) is 6.69. The van der Waals surface area contributed by atoms with Crippen LogP contribution in [0.4, 0.5) is 22.0 Å². The molecule has 1 aromatic heterocycles. The van der Waals surface area contributed by atoms with Crippen LogP contribution in [0.15, 0.2) is 46.6 Å².